The van der Waals surface area contributed by atoms with Crippen LogP contribution in [0.4, 0.5) is 0 Å². The number of piperidine rings is 1. The number of benzene rings is 1. The molecule has 1 amide bonds. The van der Waals surface area contributed by atoms with Crippen molar-refractivity contribution in [1.29, 1.82) is 0 Å². The van der Waals surface area contributed by atoms with Gasteiger partial charge in [-0.3, -0.25) is 4.79 Å². The summed E-state index contributed by atoms with van der Waals surface area (Å²) in [4.78, 5) is 15.1. The second-order valence-electron chi connectivity index (χ2n) is 7.04. The van der Waals surface area contributed by atoms with Crippen molar-refractivity contribution in [3.05, 3.63) is 35.9 Å². The van der Waals surface area contributed by atoms with E-state index >= 15 is 0 Å². The molecule has 1 saturated heterocycles. The minimum absolute atomic E-state index is 0. The van der Waals surface area contributed by atoms with Gasteiger partial charge in [0.25, 0.3) is 0 Å². The van der Waals surface area contributed by atoms with Gasteiger partial charge in [0.1, 0.15) is 0 Å². The quantitative estimate of drug-likeness (QED) is 0.875. The zero-order chi connectivity index (χ0) is 16.1. The van der Waals surface area contributed by atoms with Gasteiger partial charge in [0.2, 0.25) is 5.91 Å². The van der Waals surface area contributed by atoms with Crippen LogP contribution in [0.2, 0.25) is 0 Å². The summed E-state index contributed by atoms with van der Waals surface area (Å²) < 4.78 is 0. The first-order chi connectivity index (χ1) is 10.5. The Balaban J connectivity index is 0.00000264. The average Bonchev–Trinajstić information content (AvgIpc) is 2.53. The number of hydrogen-bond donors (Lipinski definition) is 1. The van der Waals surface area contributed by atoms with Crippen LogP contribution in [-0.2, 0) is 4.79 Å². The summed E-state index contributed by atoms with van der Waals surface area (Å²) in [6, 6.07) is 10.1. The summed E-state index contributed by atoms with van der Waals surface area (Å²) in [5.74, 6) is 0.674. The van der Waals surface area contributed by atoms with Crippen LogP contribution in [0, 0.1) is 11.8 Å². The van der Waals surface area contributed by atoms with Crippen LogP contribution in [0.1, 0.15) is 58.1 Å². The van der Waals surface area contributed by atoms with Crippen LogP contribution in [0.25, 0.3) is 0 Å². The van der Waals surface area contributed by atoms with E-state index < -0.39 is 0 Å². The predicted octanol–water partition coefficient (Wildman–Crippen LogP) is 4.17. The lowest BCUT2D eigenvalue weighted by Gasteiger charge is -2.39. The van der Waals surface area contributed by atoms with Crippen LogP contribution in [0.5, 0.6) is 0 Å². The van der Waals surface area contributed by atoms with Crippen molar-refractivity contribution in [3.63, 3.8) is 0 Å². The summed E-state index contributed by atoms with van der Waals surface area (Å²) >= 11 is 0. The van der Waals surface area contributed by atoms with Crippen LogP contribution in [0.15, 0.2) is 30.3 Å². The molecule has 2 rings (SSSR count). The molecule has 3 atom stereocenters. The molecule has 4 heteroatoms. The fourth-order valence-corrected chi connectivity index (χ4v) is 3.46. The van der Waals surface area contributed by atoms with Crippen molar-refractivity contribution in [1.82, 2.24) is 4.90 Å². The molecule has 0 aliphatic carbocycles. The Labute approximate surface area is 147 Å². The Morgan fingerprint density at radius 1 is 1.22 bits per heavy atom. The van der Waals surface area contributed by atoms with E-state index in [1.165, 1.54) is 6.42 Å². The first-order valence-corrected chi connectivity index (χ1v) is 8.61. The van der Waals surface area contributed by atoms with Crippen molar-refractivity contribution in [3.8, 4) is 0 Å². The van der Waals surface area contributed by atoms with Gasteiger partial charge in [-0.15, -0.1) is 12.4 Å². The molecule has 1 heterocycles. The largest absolute Gasteiger partial charge is 0.339 e. The van der Waals surface area contributed by atoms with Gasteiger partial charge >= 0.3 is 0 Å². The third kappa shape index (κ3) is 5.22. The highest BCUT2D eigenvalue weighted by Gasteiger charge is 2.32. The smallest absolute Gasteiger partial charge is 0.227 e. The van der Waals surface area contributed by atoms with Gasteiger partial charge in [-0.25, -0.2) is 0 Å². The van der Waals surface area contributed by atoms with Gasteiger partial charge in [-0.2, -0.15) is 0 Å². The zero-order valence-electron chi connectivity index (χ0n) is 14.6. The minimum atomic E-state index is -0.227. The number of likely N-dealkylation sites (tertiary alicyclic amines) is 1. The number of nitrogens with zero attached hydrogens (tertiary/aromatic N) is 1. The van der Waals surface area contributed by atoms with Crippen molar-refractivity contribution < 1.29 is 4.79 Å². The number of nitrogens with two attached hydrogens (primary N) is 1. The molecular formula is C19H31ClN2O. The van der Waals surface area contributed by atoms with Gasteiger partial charge in [0.15, 0.2) is 0 Å². The highest BCUT2D eigenvalue weighted by Crippen LogP contribution is 2.28. The third-order valence-electron chi connectivity index (χ3n) is 4.77. The van der Waals surface area contributed by atoms with Gasteiger partial charge < -0.3 is 10.6 Å². The van der Waals surface area contributed by atoms with Gasteiger partial charge in [-0.05, 0) is 37.2 Å². The minimum Gasteiger partial charge on any atom is -0.339 e. The topological polar surface area (TPSA) is 46.3 Å². The molecule has 0 bridgehead atoms. The predicted molar refractivity (Wildman–Crippen MR) is 98.6 cm³/mol. The molecule has 0 spiro atoms. The van der Waals surface area contributed by atoms with Gasteiger partial charge in [-0.1, -0.05) is 51.1 Å². The lowest BCUT2D eigenvalue weighted by molar-refractivity contribution is -0.139. The average molecular weight is 339 g/mol. The SMILES string of the molecule is CC(C)CC1CCCCN1C(=O)C(C)C(N)c1ccccc1.Cl. The van der Waals surface area contributed by atoms with Crippen LogP contribution < -0.4 is 5.73 Å². The molecule has 2 N–H and O–H groups in total. The van der Waals surface area contributed by atoms with Crippen molar-refractivity contribution in [2.24, 2.45) is 17.6 Å². The fraction of sp³-hybridized carbons (Fsp3) is 0.632. The van der Waals surface area contributed by atoms with E-state index in [4.69, 9.17) is 5.73 Å². The molecule has 0 saturated carbocycles. The maximum atomic E-state index is 13.0. The Hall–Kier alpha value is -1.06. The molecule has 3 nitrogen and oxygen atoms in total. The van der Waals surface area contributed by atoms with Crippen LogP contribution in [0.3, 0.4) is 0 Å². The molecule has 23 heavy (non-hydrogen) atoms. The standard InChI is InChI=1S/C19H30N2O.ClH/c1-14(2)13-17-11-7-8-12-21(17)19(22)15(3)18(20)16-9-5-4-6-10-16;/h4-6,9-10,14-15,17-18H,7-8,11-13,20H2,1-3H3;1H. The number of carbonyl (C=O) groups excluding carboxylic acids is 1. The first-order valence-electron chi connectivity index (χ1n) is 8.61. The number of carbonyl (C=O) groups is 1. The molecule has 130 valence electrons. The van der Waals surface area contributed by atoms with Crippen LogP contribution >= 0.6 is 12.4 Å². The summed E-state index contributed by atoms with van der Waals surface area (Å²) in [5.41, 5.74) is 7.39. The van der Waals surface area contributed by atoms with Gasteiger partial charge in [0, 0.05) is 18.6 Å². The lowest BCUT2D eigenvalue weighted by atomic mass is 9.89. The molecule has 1 fully saturated rings. The summed E-state index contributed by atoms with van der Waals surface area (Å²) in [5, 5.41) is 0. The monoisotopic (exact) mass is 338 g/mol. The molecule has 0 aromatic heterocycles. The van der Waals surface area contributed by atoms with E-state index in [1.54, 1.807) is 0 Å². The van der Waals surface area contributed by atoms with Crippen LogP contribution in [-0.4, -0.2) is 23.4 Å². The normalized spacial score (nSPS) is 20.7. The maximum Gasteiger partial charge on any atom is 0.227 e. The zero-order valence-corrected chi connectivity index (χ0v) is 15.4. The van der Waals surface area contributed by atoms with E-state index in [0.717, 1.165) is 31.4 Å². The Morgan fingerprint density at radius 3 is 2.48 bits per heavy atom. The number of halogens is 1. The van der Waals surface area contributed by atoms with Crippen molar-refractivity contribution in [2.75, 3.05) is 6.54 Å². The molecule has 1 aliphatic rings. The Bertz CT molecular complexity index is 478. The first kappa shape index (κ1) is 20.0. The Morgan fingerprint density at radius 2 is 1.87 bits per heavy atom. The number of rotatable bonds is 5. The number of hydrogen-bond acceptors (Lipinski definition) is 2. The molecule has 0 radical (unpaired) electrons. The lowest BCUT2D eigenvalue weighted by Crippen LogP contribution is -2.48. The summed E-state index contributed by atoms with van der Waals surface area (Å²) in [6.45, 7) is 7.33. The second kappa shape index (κ2) is 9.29. The van der Waals surface area contributed by atoms with E-state index in [1.807, 2.05) is 37.3 Å². The number of amides is 1. The second-order valence-corrected chi connectivity index (χ2v) is 7.04. The summed E-state index contributed by atoms with van der Waals surface area (Å²) in [6.07, 6.45) is 4.59. The molecule has 1 aromatic carbocycles. The third-order valence-corrected chi connectivity index (χ3v) is 4.77. The van der Waals surface area contributed by atoms with E-state index in [0.29, 0.717) is 12.0 Å². The summed E-state index contributed by atoms with van der Waals surface area (Å²) in [7, 11) is 0. The van der Waals surface area contributed by atoms with E-state index in [9.17, 15) is 4.79 Å². The van der Waals surface area contributed by atoms with Crippen molar-refractivity contribution >= 4 is 18.3 Å². The fourth-order valence-electron chi connectivity index (χ4n) is 3.46. The maximum absolute atomic E-state index is 13.0. The van der Waals surface area contributed by atoms with E-state index in [-0.39, 0.29) is 30.3 Å². The molecule has 3 unspecified atom stereocenters. The van der Waals surface area contributed by atoms with E-state index in [2.05, 4.69) is 18.7 Å². The molecule has 1 aromatic rings. The van der Waals surface area contributed by atoms with Crippen molar-refractivity contribution in [2.45, 2.75) is 58.5 Å². The van der Waals surface area contributed by atoms with Gasteiger partial charge in [0.05, 0.1) is 5.92 Å². The molecule has 1 aliphatic heterocycles. The molecular weight excluding hydrogens is 308 g/mol. The highest BCUT2D eigenvalue weighted by atomic mass is 35.5. The highest BCUT2D eigenvalue weighted by molar-refractivity contribution is 5.85. The Kier molecular flexibility index (Phi) is 8.07.